The summed E-state index contributed by atoms with van der Waals surface area (Å²) >= 11 is 0. The number of likely N-dealkylation sites (tertiary alicyclic amines) is 1. The SMILES string of the molecule is CCOc1ccc(S(=O)(=O)N2CCC(C(=O)N3CCC3)CC2)cc1. The number of benzene rings is 1. The van der Waals surface area contributed by atoms with Gasteiger partial charge in [-0.2, -0.15) is 4.31 Å². The zero-order valence-corrected chi connectivity index (χ0v) is 14.8. The molecule has 0 radical (unpaired) electrons. The highest BCUT2D eigenvalue weighted by Crippen LogP contribution is 2.27. The normalized spacial score (nSPS) is 19.8. The highest BCUT2D eigenvalue weighted by atomic mass is 32.2. The second kappa shape index (κ2) is 7.11. The lowest BCUT2D eigenvalue weighted by atomic mass is 9.95. The van der Waals surface area contributed by atoms with E-state index in [9.17, 15) is 13.2 Å². The minimum Gasteiger partial charge on any atom is -0.494 e. The average Bonchev–Trinajstić information content (AvgIpc) is 2.54. The van der Waals surface area contributed by atoms with Crippen molar-refractivity contribution in [1.82, 2.24) is 9.21 Å². The van der Waals surface area contributed by atoms with Gasteiger partial charge in [0.25, 0.3) is 0 Å². The van der Waals surface area contributed by atoms with Crippen LogP contribution >= 0.6 is 0 Å². The first-order valence-electron chi connectivity index (χ1n) is 8.54. The van der Waals surface area contributed by atoms with Crippen LogP contribution < -0.4 is 4.74 Å². The number of hydrogen-bond donors (Lipinski definition) is 0. The molecule has 7 heteroatoms. The lowest BCUT2D eigenvalue weighted by Crippen LogP contribution is -2.48. The predicted molar refractivity (Wildman–Crippen MR) is 90.3 cm³/mol. The molecule has 2 heterocycles. The second-order valence-electron chi connectivity index (χ2n) is 6.26. The van der Waals surface area contributed by atoms with Crippen LogP contribution in [0.5, 0.6) is 5.75 Å². The van der Waals surface area contributed by atoms with Crippen molar-refractivity contribution in [1.29, 1.82) is 0 Å². The van der Waals surface area contributed by atoms with Gasteiger partial charge in [0.1, 0.15) is 5.75 Å². The summed E-state index contributed by atoms with van der Waals surface area (Å²) in [6.07, 6.45) is 2.29. The number of piperidine rings is 1. The Morgan fingerprint density at radius 3 is 2.25 bits per heavy atom. The summed E-state index contributed by atoms with van der Waals surface area (Å²) in [5.74, 6) is 0.826. The van der Waals surface area contributed by atoms with Crippen molar-refractivity contribution in [3.8, 4) is 5.75 Å². The van der Waals surface area contributed by atoms with Crippen LogP contribution in [0.3, 0.4) is 0 Å². The minimum absolute atomic E-state index is 0.0305. The second-order valence-corrected chi connectivity index (χ2v) is 8.20. The number of carbonyl (C=O) groups excluding carboxylic acids is 1. The van der Waals surface area contributed by atoms with E-state index in [2.05, 4.69) is 0 Å². The largest absolute Gasteiger partial charge is 0.494 e. The van der Waals surface area contributed by atoms with Crippen molar-refractivity contribution < 1.29 is 17.9 Å². The summed E-state index contributed by atoms with van der Waals surface area (Å²) in [5, 5.41) is 0. The van der Waals surface area contributed by atoms with Crippen LogP contribution in [0.2, 0.25) is 0 Å². The number of sulfonamides is 1. The molecular weight excluding hydrogens is 328 g/mol. The summed E-state index contributed by atoms with van der Waals surface area (Å²) in [5.41, 5.74) is 0. The number of amides is 1. The molecule has 6 nitrogen and oxygen atoms in total. The van der Waals surface area contributed by atoms with Gasteiger partial charge in [-0.15, -0.1) is 0 Å². The summed E-state index contributed by atoms with van der Waals surface area (Å²) in [6.45, 7) is 4.94. The zero-order valence-electron chi connectivity index (χ0n) is 14.0. The number of ether oxygens (including phenoxy) is 1. The molecule has 0 saturated carbocycles. The molecule has 0 aliphatic carbocycles. The van der Waals surface area contributed by atoms with Gasteiger partial charge in [-0.3, -0.25) is 4.79 Å². The molecule has 0 aromatic heterocycles. The van der Waals surface area contributed by atoms with Crippen LogP contribution in [0.15, 0.2) is 29.2 Å². The van der Waals surface area contributed by atoms with E-state index in [1.54, 1.807) is 24.3 Å². The lowest BCUT2D eigenvalue weighted by Gasteiger charge is -2.37. The first-order chi connectivity index (χ1) is 11.5. The Bertz CT molecular complexity index is 675. The standard InChI is InChI=1S/C17H24N2O4S/c1-2-23-15-4-6-16(7-5-15)24(21,22)19-12-8-14(9-13-19)17(20)18-10-3-11-18/h4-7,14H,2-3,8-13H2,1H3. The zero-order chi connectivity index (χ0) is 17.2. The fourth-order valence-corrected chi connectivity index (χ4v) is 4.63. The van der Waals surface area contributed by atoms with Crippen LogP contribution in [0.1, 0.15) is 26.2 Å². The van der Waals surface area contributed by atoms with E-state index >= 15 is 0 Å². The van der Waals surface area contributed by atoms with E-state index in [4.69, 9.17) is 4.74 Å². The van der Waals surface area contributed by atoms with Crippen molar-refractivity contribution in [2.75, 3.05) is 32.8 Å². The first kappa shape index (κ1) is 17.2. The molecule has 2 aliphatic rings. The quantitative estimate of drug-likeness (QED) is 0.809. The Morgan fingerprint density at radius 2 is 1.75 bits per heavy atom. The Kier molecular flexibility index (Phi) is 5.10. The van der Waals surface area contributed by atoms with Crippen molar-refractivity contribution in [3.63, 3.8) is 0 Å². The molecule has 0 spiro atoms. The molecule has 1 amide bonds. The molecule has 2 saturated heterocycles. The van der Waals surface area contributed by atoms with Crippen LogP contribution in [0.25, 0.3) is 0 Å². The van der Waals surface area contributed by atoms with Gasteiger partial charge in [-0.05, 0) is 50.5 Å². The van der Waals surface area contributed by atoms with E-state index in [1.165, 1.54) is 4.31 Å². The molecule has 0 N–H and O–H groups in total. The van der Waals surface area contributed by atoms with Gasteiger partial charge >= 0.3 is 0 Å². The maximum Gasteiger partial charge on any atom is 0.243 e. The Morgan fingerprint density at radius 1 is 1.12 bits per heavy atom. The Balaban J connectivity index is 1.62. The van der Waals surface area contributed by atoms with E-state index < -0.39 is 10.0 Å². The summed E-state index contributed by atoms with van der Waals surface area (Å²) < 4.78 is 32.3. The third-order valence-electron chi connectivity index (χ3n) is 4.74. The third kappa shape index (κ3) is 3.42. The van der Waals surface area contributed by atoms with Crippen molar-refractivity contribution in [2.45, 2.75) is 31.1 Å². The minimum atomic E-state index is -3.50. The molecule has 0 bridgehead atoms. The van der Waals surface area contributed by atoms with E-state index in [0.29, 0.717) is 38.3 Å². The van der Waals surface area contributed by atoms with Gasteiger partial charge in [0, 0.05) is 32.1 Å². The molecule has 24 heavy (non-hydrogen) atoms. The van der Waals surface area contributed by atoms with Crippen molar-refractivity contribution >= 4 is 15.9 Å². The smallest absolute Gasteiger partial charge is 0.243 e. The van der Waals surface area contributed by atoms with Gasteiger partial charge in [0.15, 0.2) is 0 Å². The van der Waals surface area contributed by atoms with E-state index in [0.717, 1.165) is 19.5 Å². The average molecular weight is 352 g/mol. The van der Waals surface area contributed by atoms with Gasteiger partial charge < -0.3 is 9.64 Å². The number of nitrogens with zero attached hydrogens (tertiary/aromatic N) is 2. The lowest BCUT2D eigenvalue weighted by molar-refractivity contribution is -0.140. The van der Waals surface area contributed by atoms with Crippen molar-refractivity contribution in [2.24, 2.45) is 5.92 Å². The molecule has 0 unspecified atom stereocenters. The molecule has 2 fully saturated rings. The third-order valence-corrected chi connectivity index (χ3v) is 6.66. The van der Waals surface area contributed by atoms with Crippen LogP contribution in [-0.4, -0.2) is 56.3 Å². The van der Waals surface area contributed by atoms with Crippen LogP contribution in [0.4, 0.5) is 0 Å². The molecule has 0 atom stereocenters. The molecule has 1 aromatic rings. The summed E-state index contributed by atoms with van der Waals surface area (Å²) in [7, 11) is -3.50. The van der Waals surface area contributed by atoms with Crippen LogP contribution in [-0.2, 0) is 14.8 Å². The van der Waals surface area contributed by atoms with Gasteiger partial charge in [0.05, 0.1) is 11.5 Å². The first-order valence-corrected chi connectivity index (χ1v) is 9.98. The maximum absolute atomic E-state index is 12.7. The van der Waals surface area contributed by atoms with Crippen LogP contribution in [0, 0.1) is 5.92 Å². The van der Waals surface area contributed by atoms with Gasteiger partial charge in [-0.25, -0.2) is 8.42 Å². The molecule has 3 rings (SSSR count). The Hall–Kier alpha value is -1.60. The fraction of sp³-hybridized carbons (Fsp3) is 0.588. The molecule has 132 valence electrons. The highest BCUT2D eigenvalue weighted by Gasteiger charge is 2.34. The summed E-state index contributed by atoms with van der Waals surface area (Å²) in [4.78, 5) is 14.4. The predicted octanol–water partition coefficient (Wildman–Crippen LogP) is 1.72. The van der Waals surface area contributed by atoms with E-state index in [-0.39, 0.29) is 16.7 Å². The monoisotopic (exact) mass is 352 g/mol. The number of carbonyl (C=O) groups is 1. The van der Waals surface area contributed by atoms with Gasteiger partial charge in [0.2, 0.25) is 15.9 Å². The maximum atomic E-state index is 12.7. The van der Waals surface area contributed by atoms with Gasteiger partial charge in [-0.1, -0.05) is 0 Å². The number of hydrogen-bond acceptors (Lipinski definition) is 4. The van der Waals surface area contributed by atoms with Crippen molar-refractivity contribution in [3.05, 3.63) is 24.3 Å². The summed E-state index contributed by atoms with van der Waals surface area (Å²) in [6, 6.07) is 6.52. The molecular formula is C17H24N2O4S. The topological polar surface area (TPSA) is 66.9 Å². The highest BCUT2D eigenvalue weighted by molar-refractivity contribution is 7.89. The molecule has 1 aromatic carbocycles. The molecule has 2 aliphatic heterocycles. The number of rotatable bonds is 5. The Labute approximate surface area is 143 Å². The van der Waals surface area contributed by atoms with E-state index in [1.807, 2.05) is 11.8 Å². The fourth-order valence-electron chi connectivity index (χ4n) is 3.16.